The predicted octanol–water partition coefficient (Wildman–Crippen LogP) is 1.74. The third-order valence-electron chi connectivity index (χ3n) is 2.48. The second-order valence-electron chi connectivity index (χ2n) is 3.55. The molecule has 1 fully saturated rings. The molecule has 0 amide bonds. The van der Waals surface area contributed by atoms with Crippen LogP contribution in [0.1, 0.15) is 13.8 Å². The molecule has 1 heterocycles. The van der Waals surface area contributed by atoms with Crippen LogP contribution in [-0.4, -0.2) is 41.8 Å². The van der Waals surface area contributed by atoms with Gasteiger partial charge in [0, 0.05) is 10.2 Å². The minimum absolute atomic E-state index is 0.0793. The fourth-order valence-corrected chi connectivity index (χ4v) is 6.35. The first-order valence-corrected chi connectivity index (χ1v) is 8.10. The molecule has 1 rings (SSSR count). The highest BCUT2D eigenvalue weighted by molar-refractivity contribution is 9.09. The third kappa shape index (κ3) is 2.33. The molecule has 0 unspecified atom stereocenters. The van der Waals surface area contributed by atoms with Gasteiger partial charge in [0.05, 0.1) is 23.2 Å². The van der Waals surface area contributed by atoms with E-state index in [0.29, 0.717) is 11.9 Å². The van der Waals surface area contributed by atoms with Crippen molar-refractivity contribution in [2.24, 2.45) is 0 Å². The smallest absolute Gasteiger partial charge is 0.162 e. The first-order chi connectivity index (χ1) is 6.41. The number of hydrogen-bond donors (Lipinski definition) is 0. The molecule has 0 bridgehead atoms. The average molecular weight is 350 g/mol. The second kappa shape index (κ2) is 4.80. The standard InChI is InChI=1S/C8H14Br2O3S/c1-5(10)8-6(2)13-4-7(3-9)14(8,11)12/h5-8H,3-4H2,1-2H3/t5-,6+,7+,8-/m0/s1. The van der Waals surface area contributed by atoms with Gasteiger partial charge in [-0.25, -0.2) is 8.42 Å². The van der Waals surface area contributed by atoms with Gasteiger partial charge in [0.25, 0.3) is 0 Å². The number of ether oxygens (including phenoxy) is 1. The van der Waals surface area contributed by atoms with Gasteiger partial charge < -0.3 is 4.74 Å². The quantitative estimate of drug-likeness (QED) is 0.713. The Labute approximate surface area is 102 Å². The second-order valence-corrected chi connectivity index (χ2v) is 8.03. The fraction of sp³-hybridized carbons (Fsp3) is 1.00. The maximum absolute atomic E-state index is 12.1. The molecule has 0 aromatic heterocycles. The molecule has 6 heteroatoms. The highest BCUT2D eigenvalue weighted by Gasteiger charge is 2.44. The fourth-order valence-electron chi connectivity index (χ4n) is 1.71. The van der Waals surface area contributed by atoms with Crippen LogP contribution >= 0.6 is 31.9 Å². The van der Waals surface area contributed by atoms with Gasteiger partial charge in [-0.1, -0.05) is 38.8 Å². The molecule has 0 aromatic carbocycles. The Bertz CT molecular complexity index is 289. The Morgan fingerprint density at radius 2 is 2.14 bits per heavy atom. The lowest BCUT2D eigenvalue weighted by Crippen LogP contribution is -2.52. The summed E-state index contributed by atoms with van der Waals surface area (Å²) in [7, 11) is -3.08. The van der Waals surface area contributed by atoms with Crippen LogP contribution in [0, 0.1) is 0 Å². The van der Waals surface area contributed by atoms with E-state index in [1.807, 2.05) is 13.8 Å². The van der Waals surface area contributed by atoms with E-state index < -0.39 is 20.3 Å². The van der Waals surface area contributed by atoms with Gasteiger partial charge in [0.1, 0.15) is 0 Å². The zero-order chi connectivity index (χ0) is 10.9. The number of hydrogen-bond acceptors (Lipinski definition) is 3. The van der Waals surface area contributed by atoms with Crippen LogP contribution in [-0.2, 0) is 14.6 Å². The van der Waals surface area contributed by atoms with Gasteiger partial charge in [-0.05, 0) is 6.92 Å². The van der Waals surface area contributed by atoms with E-state index in [4.69, 9.17) is 4.74 Å². The van der Waals surface area contributed by atoms with Gasteiger partial charge in [-0.3, -0.25) is 0 Å². The molecule has 14 heavy (non-hydrogen) atoms. The van der Waals surface area contributed by atoms with Crippen molar-refractivity contribution in [1.82, 2.24) is 0 Å². The maximum atomic E-state index is 12.1. The van der Waals surface area contributed by atoms with Crippen LogP contribution in [0.25, 0.3) is 0 Å². The van der Waals surface area contributed by atoms with Gasteiger partial charge >= 0.3 is 0 Å². The molecule has 1 aliphatic rings. The largest absolute Gasteiger partial charge is 0.376 e. The highest BCUT2D eigenvalue weighted by atomic mass is 79.9. The molecular weight excluding hydrogens is 336 g/mol. The first kappa shape index (κ1) is 12.9. The lowest BCUT2D eigenvalue weighted by atomic mass is 10.2. The molecule has 1 aliphatic heterocycles. The summed E-state index contributed by atoms with van der Waals surface area (Å²) in [5, 5.41) is -0.416. The van der Waals surface area contributed by atoms with Crippen molar-refractivity contribution < 1.29 is 13.2 Å². The Balaban J connectivity index is 2.99. The highest BCUT2D eigenvalue weighted by Crippen LogP contribution is 2.28. The van der Waals surface area contributed by atoms with E-state index in [1.54, 1.807) is 0 Å². The van der Waals surface area contributed by atoms with Crippen molar-refractivity contribution in [3.63, 3.8) is 0 Å². The molecule has 0 aliphatic carbocycles. The van der Waals surface area contributed by atoms with Crippen LogP contribution in [0.4, 0.5) is 0 Å². The lowest BCUT2D eigenvalue weighted by molar-refractivity contribution is 0.0541. The summed E-state index contributed by atoms with van der Waals surface area (Å²) in [6.07, 6.45) is -0.232. The normalized spacial score (nSPS) is 39.3. The van der Waals surface area contributed by atoms with Gasteiger partial charge in [-0.2, -0.15) is 0 Å². The average Bonchev–Trinajstić information content (AvgIpc) is 2.01. The summed E-state index contributed by atoms with van der Waals surface area (Å²) in [5.41, 5.74) is 0. The molecular formula is C8H14Br2O3S. The molecule has 0 radical (unpaired) electrons. The van der Waals surface area contributed by atoms with E-state index in [0.717, 1.165) is 0 Å². The number of alkyl halides is 2. The predicted molar refractivity (Wildman–Crippen MR) is 64.1 cm³/mol. The third-order valence-corrected chi connectivity index (χ3v) is 7.39. The Hall–Kier alpha value is 0.870. The van der Waals surface area contributed by atoms with Gasteiger partial charge in [-0.15, -0.1) is 0 Å². The summed E-state index contributed by atoms with van der Waals surface area (Å²) in [6.45, 7) is 3.95. The summed E-state index contributed by atoms with van der Waals surface area (Å²) >= 11 is 6.54. The topological polar surface area (TPSA) is 43.4 Å². The summed E-state index contributed by atoms with van der Waals surface area (Å²) in [6, 6.07) is 0. The number of sulfone groups is 1. The Kier molecular flexibility index (Phi) is 4.44. The molecule has 0 N–H and O–H groups in total. The molecule has 0 saturated carbocycles. The van der Waals surface area contributed by atoms with Gasteiger partial charge in [0.2, 0.25) is 0 Å². The molecule has 0 spiro atoms. The van der Waals surface area contributed by atoms with Crippen molar-refractivity contribution in [1.29, 1.82) is 0 Å². The molecule has 1 saturated heterocycles. The van der Waals surface area contributed by atoms with Crippen molar-refractivity contribution in [3.8, 4) is 0 Å². The van der Waals surface area contributed by atoms with Crippen LogP contribution in [0.3, 0.4) is 0 Å². The first-order valence-electron chi connectivity index (χ1n) is 4.45. The van der Waals surface area contributed by atoms with E-state index in [1.165, 1.54) is 0 Å². The monoisotopic (exact) mass is 348 g/mol. The van der Waals surface area contributed by atoms with E-state index in [-0.39, 0.29) is 10.9 Å². The zero-order valence-electron chi connectivity index (χ0n) is 8.11. The number of halogens is 2. The molecule has 84 valence electrons. The lowest BCUT2D eigenvalue weighted by Gasteiger charge is -2.35. The van der Waals surface area contributed by atoms with E-state index in [2.05, 4.69) is 31.9 Å². The molecule has 0 aromatic rings. The summed E-state index contributed by atoms with van der Waals surface area (Å²) in [4.78, 5) is -0.0793. The van der Waals surface area contributed by atoms with Gasteiger partial charge in [0.15, 0.2) is 9.84 Å². The number of rotatable bonds is 2. The van der Waals surface area contributed by atoms with Crippen molar-refractivity contribution in [2.45, 2.75) is 35.3 Å². The van der Waals surface area contributed by atoms with Crippen LogP contribution in [0.2, 0.25) is 0 Å². The Morgan fingerprint density at radius 1 is 1.57 bits per heavy atom. The van der Waals surface area contributed by atoms with Crippen LogP contribution in [0.15, 0.2) is 0 Å². The van der Waals surface area contributed by atoms with Crippen molar-refractivity contribution >= 4 is 41.7 Å². The SMILES string of the molecule is C[C@H](Br)[C@H]1[C@@H](C)OC[C@@H](CBr)S1(=O)=O. The maximum Gasteiger partial charge on any atom is 0.162 e. The van der Waals surface area contributed by atoms with Crippen molar-refractivity contribution in [3.05, 3.63) is 0 Å². The van der Waals surface area contributed by atoms with E-state index >= 15 is 0 Å². The molecule has 4 atom stereocenters. The minimum Gasteiger partial charge on any atom is -0.376 e. The van der Waals surface area contributed by atoms with E-state index in [9.17, 15) is 8.42 Å². The van der Waals surface area contributed by atoms with Crippen molar-refractivity contribution in [2.75, 3.05) is 11.9 Å². The zero-order valence-corrected chi connectivity index (χ0v) is 12.1. The Morgan fingerprint density at radius 3 is 2.57 bits per heavy atom. The van der Waals surface area contributed by atoms with Crippen LogP contribution < -0.4 is 0 Å². The molecule has 3 nitrogen and oxygen atoms in total. The summed E-state index contributed by atoms with van der Waals surface area (Å²) < 4.78 is 29.6. The summed E-state index contributed by atoms with van der Waals surface area (Å²) in [5.74, 6) is 0. The minimum atomic E-state index is -3.08. The van der Waals surface area contributed by atoms with Crippen LogP contribution in [0.5, 0.6) is 0 Å².